The Labute approximate surface area is 136 Å². The summed E-state index contributed by atoms with van der Waals surface area (Å²) in [6, 6.07) is 3.65. The van der Waals surface area contributed by atoms with E-state index in [0.717, 1.165) is 31.7 Å². The van der Waals surface area contributed by atoms with Crippen LogP contribution in [0.5, 0.6) is 0 Å². The first-order valence-electron chi connectivity index (χ1n) is 7.82. The second kappa shape index (κ2) is 6.86. The van der Waals surface area contributed by atoms with Crippen molar-refractivity contribution in [2.75, 3.05) is 19.6 Å². The maximum absolute atomic E-state index is 12.4. The quantitative estimate of drug-likeness (QED) is 0.864. The summed E-state index contributed by atoms with van der Waals surface area (Å²) in [4.78, 5) is 2.46. The zero-order valence-electron chi connectivity index (χ0n) is 13.2. The molecule has 0 unspecified atom stereocenters. The number of aryl methyl sites for hydroxylation is 1. The van der Waals surface area contributed by atoms with E-state index in [1.54, 1.807) is 13.3 Å². The van der Waals surface area contributed by atoms with Crippen LogP contribution in [0.2, 0.25) is 0 Å². The second-order valence-electron chi connectivity index (χ2n) is 5.83. The monoisotopic (exact) mass is 338 g/mol. The molecule has 0 spiro atoms. The molecule has 1 aliphatic rings. The van der Waals surface area contributed by atoms with E-state index in [-0.39, 0.29) is 17.5 Å². The topological polar surface area (TPSA) is 80.4 Å². The molecule has 1 N–H and O–H groups in total. The standard InChI is InChI=1S/C15H22N4O3S/c1-18-12-13(10-16-18)23(20,21)17-11-14(15-6-5-9-22-15)19-7-3-2-4-8-19/h5-6,9-10,12,14,17H,2-4,7-8,11H2,1H3/t14-/m1/s1. The molecule has 1 saturated heterocycles. The molecule has 0 amide bonds. The molecule has 1 fully saturated rings. The molecular formula is C15H22N4O3S. The Hall–Kier alpha value is -1.64. The summed E-state index contributed by atoms with van der Waals surface area (Å²) >= 11 is 0. The van der Waals surface area contributed by atoms with Crippen LogP contribution in [0.15, 0.2) is 40.1 Å². The molecule has 0 radical (unpaired) electrons. The third-order valence-corrected chi connectivity index (χ3v) is 5.54. The number of furan rings is 1. The Morgan fingerprint density at radius 3 is 2.74 bits per heavy atom. The van der Waals surface area contributed by atoms with Crippen LogP contribution in [-0.4, -0.2) is 42.7 Å². The van der Waals surface area contributed by atoms with Gasteiger partial charge in [-0.25, -0.2) is 13.1 Å². The Morgan fingerprint density at radius 1 is 1.35 bits per heavy atom. The summed E-state index contributed by atoms with van der Waals surface area (Å²) in [5, 5.41) is 3.92. The summed E-state index contributed by atoms with van der Waals surface area (Å²) in [5.41, 5.74) is 0. The minimum Gasteiger partial charge on any atom is -0.468 e. The molecule has 3 heterocycles. The number of nitrogens with zero attached hydrogens (tertiary/aromatic N) is 3. The van der Waals surface area contributed by atoms with Crippen LogP contribution in [-0.2, 0) is 17.1 Å². The number of sulfonamides is 1. The molecule has 0 bridgehead atoms. The van der Waals surface area contributed by atoms with E-state index in [2.05, 4.69) is 14.7 Å². The predicted octanol–water partition coefficient (Wildman–Crippen LogP) is 1.52. The SMILES string of the molecule is Cn1cc(S(=O)(=O)NC[C@H](c2ccco2)N2CCCCC2)cn1. The maximum atomic E-state index is 12.4. The van der Waals surface area contributed by atoms with Crippen molar-refractivity contribution in [2.24, 2.45) is 7.05 Å². The molecule has 0 aliphatic carbocycles. The Morgan fingerprint density at radius 2 is 2.13 bits per heavy atom. The summed E-state index contributed by atoms with van der Waals surface area (Å²) in [6.45, 7) is 2.20. The van der Waals surface area contributed by atoms with Crippen molar-refractivity contribution < 1.29 is 12.8 Å². The molecular weight excluding hydrogens is 316 g/mol. The first-order chi connectivity index (χ1) is 11.1. The van der Waals surface area contributed by atoms with E-state index in [1.165, 1.54) is 23.5 Å². The van der Waals surface area contributed by atoms with E-state index in [4.69, 9.17) is 4.42 Å². The van der Waals surface area contributed by atoms with Gasteiger partial charge in [0.1, 0.15) is 10.7 Å². The highest BCUT2D eigenvalue weighted by Gasteiger charge is 2.26. The Bertz CT molecular complexity index is 718. The highest BCUT2D eigenvalue weighted by Crippen LogP contribution is 2.25. The molecule has 8 heteroatoms. The van der Waals surface area contributed by atoms with Gasteiger partial charge in [0.2, 0.25) is 10.0 Å². The second-order valence-corrected chi connectivity index (χ2v) is 7.60. The summed E-state index contributed by atoms with van der Waals surface area (Å²) < 4.78 is 34.5. The molecule has 0 saturated carbocycles. The number of likely N-dealkylation sites (tertiary alicyclic amines) is 1. The van der Waals surface area contributed by atoms with Gasteiger partial charge >= 0.3 is 0 Å². The van der Waals surface area contributed by atoms with E-state index < -0.39 is 10.0 Å². The fourth-order valence-electron chi connectivity index (χ4n) is 2.93. The van der Waals surface area contributed by atoms with Gasteiger partial charge < -0.3 is 4.42 Å². The first-order valence-corrected chi connectivity index (χ1v) is 9.30. The smallest absolute Gasteiger partial charge is 0.243 e. The van der Waals surface area contributed by atoms with Gasteiger partial charge in [-0.3, -0.25) is 9.58 Å². The maximum Gasteiger partial charge on any atom is 0.243 e. The molecule has 2 aromatic rings. The lowest BCUT2D eigenvalue weighted by atomic mass is 10.1. The van der Waals surface area contributed by atoms with Crippen molar-refractivity contribution in [3.63, 3.8) is 0 Å². The van der Waals surface area contributed by atoms with Crippen molar-refractivity contribution in [2.45, 2.75) is 30.2 Å². The van der Waals surface area contributed by atoms with Gasteiger partial charge in [0, 0.05) is 19.8 Å². The highest BCUT2D eigenvalue weighted by molar-refractivity contribution is 7.89. The van der Waals surface area contributed by atoms with Gasteiger partial charge in [-0.1, -0.05) is 6.42 Å². The number of hydrogen-bond donors (Lipinski definition) is 1. The predicted molar refractivity (Wildman–Crippen MR) is 85.3 cm³/mol. The lowest BCUT2D eigenvalue weighted by Gasteiger charge is -2.33. The fraction of sp³-hybridized carbons (Fsp3) is 0.533. The van der Waals surface area contributed by atoms with E-state index in [1.807, 2.05) is 12.1 Å². The number of hydrogen-bond acceptors (Lipinski definition) is 5. The van der Waals surface area contributed by atoms with Gasteiger partial charge in [-0.15, -0.1) is 0 Å². The lowest BCUT2D eigenvalue weighted by molar-refractivity contribution is 0.147. The third-order valence-electron chi connectivity index (χ3n) is 4.16. The van der Waals surface area contributed by atoms with Crippen LogP contribution in [0, 0.1) is 0 Å². The normalized spacial score (nSPS) is 18.1. The van der Waals surface area contributed by atoms with Crippen LogP contribution in [0.1, 0.15) is 31.1 Å². The minimum absolute atomic E-state index is 0.0863. The lowest BCUT2D eigenvalue weighted by Crippen LogP contribution is -2.40. The fourth-order valence-corrected chi connectivity index (χ4v) is 3.95. The van der Waals surface area contributed by atoms with Crippen LogP contribution in [0.4, 0.5) is 0 Å². The van der Waals surface area contributed by atoms with Crippen molar-refractivity contribution in [1.29, 1.82) is 0 Å². The van der Waals surface area contributed by atoms with Gasteiger partial charge in [-0.05, 0) is 38.1 Å². The molecule has 0 aromatic carbocycles. The molecule has 1 aliphatic heterocycles. The van der Waals surface area contributed by atoms with Crippen LogP contribution >= 0.6 is 0 Å². The summed E-state index contributed by atoms with van der Waals surface area (Å²) in [7, 11) is -1.87. The molecule has 126 valence electrons. The number of piperidine rings is 1. The average molecular weight is 338 g/mol. The van der Waals surface area contributed by atoms with Crippen LogP contribution in [0.25, 0.3) is 0 Å². The molecule has 3 rings (SSSR count). The molecule has 2 aromatic heterocycles. The van der Waals surface area contributed by atoms with Gasteiger partial charge in [0.25, 0.3) is 0 Å². The Balaban J connectivity index is 1.73. The van der Waals surface area contributed by atoms with Gasteiger partial charge in [0.15, 0.2) is 0 Å². The van der Waals surface area contributed by atoms with Gasteiger partial charge in [0.05, 0.1) is 18.5 Å². The highest BCUT2D eigenvalue weighted by atomic mass is 32.2. The Kier molecular flexibility index (Phi) is 4.84. The van der Waals surface area contributed by atoms with E-state index in [0.29, 0.717) is 0 Å². The van der Waals surface area contributed by atoms with Crippen molar-refractivity contribution >= 4 is 10.0 Å². The average Bonchev–Trinajstić information content (AvgIpc) is 3.20. The van der Waals surface area contributed by atoms with E-state index >= 15 is 0 Å². The summed E-state index contributed by atoms with van der Waals surface area (Å²) in [6.07, 6.45) is 7.96. The summed E-state index contributed by atoms with van der Waals surface area (Å²) in [5.74, 6) is 0.792. The number of rotatable bonds is 6. The first kappa shape index (κ1) is 16.2. The van der Waals surface area contributed by atoms with Crippen LogP contribution < -0.4 is 4.72 Å². The molecule has 23 heavy (non-hydrogen) atoms. The van der Waals surface area contributed by atoms with Crippen molar-refractivity contribution in [1.82, 2.24) is 19.4 Å². The number of aromatic nitrogens is 2. The number of nitrogens with one attached hydrogen (secondary N) is 1. The minimum atomic E-state index is -3.57. The molecule has 7 nitrogen and oxygen atoms in total. The van der Waals surface area contributed by atoms with Crippen LogP contribution in [0.3, 0.4) is 0 Å². The van der Waals surface area contributed by atoms with Crippen molar-refractivity contribution in [3.8, 4) is 0 Å². The molecule has 1 atom stereocenters. The third kappa shape index (κ3) is 3.82. The van der Waals surface area contributed by atoms with Gasteiger partial charge in [-0.2, -0.15) is 5.10 Å². The largest absolute Gasteiger partial charge is 0.468 e. The zero-order valence-corrected chi connectivity index (χ0v) is 14.0. The van der Waals surface area contributed by atoms with E-state index in [9.17, 15) is 8.42 Å². The zero-order chi connectivity index (χ0) is 16.3. The van der Waals surface area contributed by atoms with Crippen molar-refractivity contribution in [3.05, 3.63) is 36.5 Å².